The summed E-state index contributed by atoms with van der Waals surface area (Å²) in [5, 5.41) is 7.92. The number of hydrogen-bond donors (Lipinski definition) is 1. The zero-order chi connectivity index (χ0) is 9.97. The lowest BCUT2D eigenvalue weighted by Gasteiger charge is -2.12. The molecule has 0 amide bonds. The predicted molar refractivity (Wildman–Crippen MR) is 57.2 cm³/mol. The van der Waals surface area contributed by atoms with Gasteiger partial charge in [-0.15, -0.1) is 0 Å². The van der Waals surface area contributed by atoms with E-state index in [9.17, 15) is 0 Å². The second kappa shape index (κ2) is 4.13. The van der Waals surface area contributed by atoms with Crippen LogP contribution < -0.4 is 5.32 Å². The zero-order valence-electron chi connectivity index (χ0n) is 9.03. The fraction of sp³-hybridized carbons (Fsp3) is 0.727. The minimum absolute atomic E-state index is 0.662. The smallest absolute Gasteiger partial charge is 0.0593 e. The van der Waals surface area contributed by atoms with Gasteiger partial charge in [-0.05, 0) is 38.3 Å². The summed E-state index contributed by atoms with van der Waals surface area (Å²) in [5.41, 5.74) is 1.10. The van der Waals surface area contributed by atoms with Crippen LogP contribution in [0.1, 0.15) is 25.5 Å². The molecule has 78 valence electrons. The van der Waals surface area contributed by atoms with Gasteiger partial charge >= 0.3 is 0 Å². The van der Waals surface area contributed by atoms with Crippen molar-refractivity contribution in [3.63, 3.8) is 0 Å². The predicted octanol–water partition coefficient (Wildman–Crippen LogP) is 1.58. The molecule has 1 fully saturated rings. The summed E-state index contributed by atoms with van der Waals surface area (Å²) in [6.45, 7) is 6.44. The van der Waals surface area contributed by atoms with Crippen LogP contribution in [-0.4, -0.2) is 22.4 Å². The summed E-state index contributed by atoms with van der Waals surface area (Å²) < 4.78 is 2.04. The first-order valence-corrected chi connectivity index (χ1v) is 5.47. The molecule has 0 radical (unpaired) electrons. The van der Waals surface area contributed by atoms with Crippen molar-refractivity contribution in [2.24, 2.45) is 5.92 Å². The molecule has 3 nitrogen and oxygen atoms in total. The van der Waals surface area contributed by atoms with Crippen molar-refractivity contribution in [3.8, 4) is 0 Å². The summed E-state index contributed by atoms with van der Waals surface area (Å²) in [6.07, 6.45) is 4.80. The maximum absolute atomic E-state index is 4.38. The molecule has 1 aromatic rings. The van der Waals surface area contributed by atoms with Crippen molar-refractivity contribution in [1.29, 1.82) is 0 Å². The Kier molecular flexibility index (Phi) is 2.87. The Morgan fingerprint density at radius 2 is 2.43 bits per heavy atom. The molecule has 14 heavy (non-hydrogen) atoms. The molecule has 1 aromatic heterocycles. The minimum atomic E-state index is 0.662. The molecule has 0 saturated heterocycles. The molecule has 3 heteroatoms. The van der Waals surface area contributed by atoms with E-state index < -0.39 is 0 Å². The number of aromatic nitrogens is 2. The van der Waals surface area contributed by atoms with Gasteiger partial charge in [0.25, 0.3) is 0 Å². The van der Waals surface area contributed by atoms with Gasteiger partial charge in [0.1, 0.15) is 0 Å². The summed E-state index contributed by atoms with van der Waals surface area (Å²) in [7, 11) is 0. The maximum Gasteiger partial charge on any atom is 0.0593 e. The standard InChI is InChI=1S/C11H19N3/c1-9(7-12-11-3-4-11)8-14-6-5-10(2)13-14/h5-6,9,11-12H,3-4,7-8H2,1-2H3. The second-order valence-electron chi connectivity index (χ2n) is 4.47. The van der Waals surface area contributed by atoms with Crippen LogP contribution in [0.15, 0.2) is 12.3 Å². The third-order valence-corrected chi connectivity index (χ3v) is 2.61. The molecule has 0 bridgehead atoms. The summed E-state index contributed by atoms with van der Waals surface area (Å²) >= 11 is 0. The van der Waals surface area contributed by atoms with Crippen LogP contribution in [0.4, 0.5) is 0 Å². The van der Waals surface area contributed by atoms with Gasteiger partial charge in [0, 0.05) is 18.8 Å². The van der Waals surface area contributed by atoms with E-state index in [1.165, 1.54) is 12.8 Å². The average molecular weight is 193 g/mol. The highest BCUT2D eigenvalue weighted by Crippen LogP contribution is 2.18. The van der Waals surface area contributed by atoms with Crippen molar-refractivity contribution >= 4 is 0 Å². The molecule has 0 spiro atoms. The Bertz CT molecular complexity index is 288. The van der Waals surface area contributed by atoms with Crippen LogP contribution in [0.2, 0.25) is 0 Å². The number of aryl methyl sites for hydroxylation is 1. The Balaban J connectivity index is 1.72. The summed E-state index contributed by atoms with van der Waals surface area (Å²) in [4.78, 5) is 0. The van der Waals surface area contributed by atoms with E-state index in [4.69, 9.17) is 0 Å². The van der Waals surface area contributed by atoms with Gasteiger partial charge in [-0.3, -0.25) is 4.68 Å². The largest absolute Gasteiger partial charge is 0.314 e. The maximum atomic E-state index is 4.38. The number of nitrogens with zero attached hydrogens (tertiary/aromatic N) is 2. The fourth-order valence-electron chi connectivity index (χ4n) is 1.60. The normalized spacial score (nSPS) is 18.4. The molecule has 1 saturated carbocycles. The molecule has 0 aliphatic heterocycles. The van der Waals surface area contributed by atoms with Gasteiger partial charge < -0.3 is 5.32 Å². The Morgan fingerprint density at radius 3 is 3.00 bits per heavy atom. The highest BCUT2D eigenvalue weighted by Gasteiger charge is 2.20. The van der Waals surface area contributed by atoms with E-state index >= 15 is 0 Å². The summed E-state index contributed by atoms with van der Waals surface area (Å²) in [6, 6.07) is 2.87. The van der Waals surface area contributed by atoms with Gasteiger partial charge in [-0.25, -0.2) is 0 Å². The van der Waals surface area contributed by atoms with Crippen LogP contribution in [0, 0.1) is 12.8 Å². The number of hydrogen-bond acceptors (Lipinski definition) is 2. The second-order valence-corrected chi connectivity index (χ2v) is 4.47. The minimum Gasteiger partial charge on any atom is -0.314 e. The Morgan fingerprint density at radius 1 is 1.64 bits per heavy atom. The van der Waals surface area contributed by atoms with Crippen LogP contribution >= 0.6 is 0 Å². The van der Waals surface area contributed by atoms with Gasteiger partial charge in [0.15, 0.2) is 0 Å². The van der Waals surface area contributed by atoms with Crippen molar-refractivity contribution in [1.82, 2.24) is 15.1 Å². The monoisotopic (exact) mass is 193 g/mol. The van der Waals surface area contributed by atoms with Gasteiger partial charge in [-0.1, -0.05) is 6.92 Å². The topological polar surface area (TPSA) is 29.9 Å². The van der Waals surface area contributed by atoms with Crippen LogP contribution in [0.5, 0.6) is 0 Å². The third kappa shape index (κ3) is 2.84. The fourth-order valence-corrected chi connectivity index (χ4v) is 1.60. The first-order chi connectivity index (χ1) is 6.74. The average Bonchev–Trinajstić information content (AvgIpc) is 2.88. The molecule has 1 heterocycles. The van der Waals surface area contributed by atoms with E-state index in [1.807, 2.05) is 11.6 Å². The molecule has 1 atom stereocenters. The molecule has 2 rings (SSSR count). The van der Waals surface area contributed by atoms with Crippen LogP contribution in [0.25, 0.3) is 0 Å². The first-order valence-electron chi connectivity index (χ1n) is 5.47. The summed E-state index contributed by atoms with van der Waals surface area (Å²) in [5.74, 6) is 0.662. The quantitative estimate of drug-likeness (QED) is 0.769. The van der Waals surface area contributed by atoms with Crippen molar-refractivity contribution in [2.45, 2.75) is 39.3 Å². The Hall–Kier alpha value is -0.830. The number of nitrogens with one attached hydrogen (secondary N) is 1. The van der Waals surface area contributed by atoms with E-state index in [2.05, 4.69) is 29.6 Å². The molecule has 1 aliphatic carbocycles. The highest BCUT2D eigenvalue weighted by atomic mass is 15.3. The first kappa shape index (κ1) is 9.71. The lowest BCUT2D eigenvalue weighted by atomic mass is 10.2. The Labute approximate surface area is 85.5 Å². The number of rotatable bonds is 5. The van der Waals surface area contributed by atoms with E-state index in [-0.39, 0.29) is 0 Å². The molecule has 1 N–H and O–H groups in total. The van der Waals surface area contributed by atoms with Crippen molar-refractivity contribution in [3.05, 3.63) is 18.0 Å². The van der Waals surface area contributed by atoms with E-state index in [1.54, 1.807) is 0 Å². The lowest BCUT2D eigenvalue weighted by molar-refractivity contribution is 0.420. The van der Waals surface area contributed by atoms with E-state index in [0.29, 0.717) is 5.92 Å². The molecular formula is C11H19N3. The van der Waals surface area contributed by atoms with Crippen molar-refractivity contribution in [2.75, 3.05) is 6.54 Å². The van der Waals surface area contributed by atoms with E-state index in [0.717, 1.165) is 24.8 Å². The molecule has 1 unspecified atom stereocenters. The van der Waals surface area contributed by atoms with Gasteiger partial charge in [0.2, 0.25) is 0 Å². The van der Waals surface area contributed by atoms with Crippen molar-refractivity contribution < 1.29 is 0 Å². The SMILES string of the molecule is Cc1ccn(CC(C)CNC2CC2)n1. The van der Waals surface area contributed by atoms with Crippen LogP contribution in [-0.2, 0) is 6.54 Å². The molecule has 1 aliphatic rings. The molecular weight excluding hydrogens is 174 g/mol. The highest BCUT2D eigenvalue weighted by molar-refractivity contribution is 4.94. The zero-order valence-corrected chi connectivity index (χ0v) is 9.03. The van der Waals surface area contributed by atoms with Crippen LogP contribution in [0.3, 0.4) is 0 Å². The third-order valence-electron chi connectivity index (χ3n) is 2.61. The van der Waals surface area contributed by atoms with Gasteiger partial charge in [-0.2, -0.15) is 5.10 Å². The van der Waals surface area contributed by atoms with Gasteiger partial charge in [0.05, 0.1) is 5.69 Å². The lowest BCUT2D eigenvalue weighted by Crippen LogP contribution is -2.25. The molecule has 0 aromatic carbocycles.